The molecule has 0 aliphatic heterocycles. The molecule has 0 radical (unpaired) electrons. The lowest BCUT2D eigenvalue weighted by molar-refractivity contribution is -0.129. The predicted molar refractivity (Wildman–Crippen MR) is 169 cm³/mol. The second-order valence-electron chi connectivity index (χ2n) is 11.1. The zero-order valence-electron chi connectivity index (χ0n) is 25.2. The summed E-state index contributed by atoms with van der Waals surface area (Å²) in [6.45, 7) is 3.96. The number of imidazole rings is 1. The molecule has 1 heterocycles. The van der Waals surface area contributed by atoms with Gasteiger partial charge in [0.25, 0.3) is 0 Å². The highest BCUT2D eigenvalue weighted by Crippen LogP contribution is 2.10. The Morgan fingerprint density at radius 1 is 0.955 bits per heavy atom. The third-order valence-corrected chi connectivity index (χ3v) is 6.77. The molecule has 0 saturated heterocycles. The highest BCUT2D eigenvalue weighted by molar-refractivity contribution is 5.90. The molecule has 234 valence electrons. The molecule has 0 fully saturated rings. The lowest BCUT2D eigenvalue weighted by Gasteiger charge is -2.22. The van der Waals surface area contributed by atoms with E-state index in [0.29, 0.717) is 25.0 Å². The third-order valence-electron chi connectivity index (χ3n) is 6.77. The van der Waals surface area contributed by atoms with Gasteiger partial charge in [-0.2, -0.15) is 5.10 Å². The summed E-state index contributed by atoms with van der Waals surface area (Å²) < 4.78 is 1.31. The Labute approximate surface area is 257 Å². The van der Waals surface area contributed by atoms with Crippen LogP contribution in [0, 0.1) is 5.92 Å². The van der Waals surface area contributed by atoms with Crippen molar-refractivity contribution in [1.82, 2.24) is 25.6 Å². The number of carbonyl (C=O) groups is 4. The fourth-order valence-electron chi connectivity index (χ4n) is 4.66. The summed E-state index contributed by atoms with van der Waals surface area (Å²) in [5.74, 6) is -0.896. The summed E-state index contributed by atoms with van der Waals surface area (Å²) in [6, 6.07) is 16.2. The Morgan fingerprint density at radius 3 is 2.25 bits per heavy atom. The van der Waals surface area contributed by atoms with Crippen LogP contribution in [0.4, 0.5) is 4.79 Å². The molecule has 0 unspecified atom stereocenters. The summed E-state index contributed by atoms with van der Waals surface area (Å²) in [5, 5.41) is 9.53. The maximum atomic E-state index is 13.5. The summed E-state index contributed by atoms with van der Waals surface area (Å²) >= 11 is 0. The number of hydrogen-bond acceptors (Lipinski definition) is 7. The Morgan fingerprint density at radius 2 is 1.61 bits per heavy atom. The minimum absolute atomic E-state index is 0.0372. The maximum Gasteiger partial charge on any atom is 0.332 e. The van der Waals surface area contributed by atoms with Crippen LogP contribution in [0.5, 0.6) is 0 Å². The highest BCUT2D eigenvalue weighted by atomic mass is 16.2. The molecule has 0 aliphatic rings. The van der Waals surface area contributed by atoms with Gasteiger partial charge in [0.15, 0.2) is 0 Å². The number of nitrogens with two attached hydrogens (primary N) is 2. The van der Waals surface area contributed by atoms with Gasteiger partial charge in [0.05, 0.1) is 17.8 Å². The van der Waals surface area contributed by atoms with Gasteiger partial charge in [0.1, 0.15) is 12.4 Å². The van der Waals surface area contributed by atoms with E-state index in [-0.39, 0.29) is 30.6 Å². The van der Waals surface area contributed by atoms with Gasteiger partial charge in [-0.1, -0.05) is 74.5 Å². The van der Waals surface area contributed by atoms with E-state index >= 15 is 0 Å². The molecule has 0 bridgehead atoms. The lowest BCUT2D eigenvalue weighted by atomic mass is 10.0. The summed E-state index contributed by atoms with van der Waals surface area (Å²) in [6.07, 6.45) is 6.75. The molecule has 44 heavy (non-hydrogen) atoms. The first-order valence-electron chi connectivity index (χ1n) is 14.7. The number of aromatic nitrogens is 2. The minimum atomic E-state index is -0.983. The van der Waals surface area contributed by atoms with E-state index in [9.17, 15) is 19.2 Å². The molecule has 0 spiro atoms. The number of amides is 4. The number of primary amides is 1. The fraction of sp³-hybridized carbons (Fsp3) is 0.375. The molecule has 1 aromatic heterocycles. The van der Waals surface area contributed by atoms with Crippen LogP contribution in [0.1, 0.15) is 54.7 Å². The molecule has 4 amide bonds. The SMILES string of the molecule is CC(C)C[C@@H](C=NNC(N)=O)NC(=O)[C@H](Cc1cn(C(=O)[C@@H](N)Cc2ccccc2)cn1)NC(=O)CCCc1ccccc1. The van der Waals surface area contributed by atoms with Crippen molar-refractivity contribution in [1.29, 1.82) is 0 Å². The molecule has 12 nitrogen and oxygen atoms in total. The number of hydrogen-bond donors (Lipinski definition) is 5. The van der Waals surface area contributed by atoms with Crippen LogP contribution in [0.2, 0.25) is 0 Å². The van der Waals surface area contributed by atoms with Crippen molar-refractivity contribution in [3.05, 3.63) is 90.0 Å². The van der Waals surface area contributed by atoms with Crippen molar-refractivity contribution < 1.29 is 19.2 Å². The average molecular weight is 603 g/mol. The maximum absolute atomic E-state index is 13.5. The standard InChI is InChI=1S/C32H42N8O4/c1-22(2)16-25(19-36-39-32(34)44)37-30(42)28(38-29(41)15-9-14-23-10-5-3-6-11-23)18-26-20-40(21-35-26)31(43)27(33)17-24-12-7-4-8-13-24/h3-8,10-13,19-22,25,27-28H,9,14-18,33H2,1-2H3,(H,37,42)(H,38,41)(H3,34,39,44)/t25-,27-,28-/m0/s1. The summed E-state index contributed by atoms with van der Waals surface area (Å²) in [4.78, 5) is 54.8. The number of carbonyl (C=O) groups excluding carboxylic acids is 4. The average Bonchev–Trinajstić information content (AvgIpc) is 3.45. The fourth-order valence-corrected chi connectivity index (χ4v) is 4.66. The molecule has 7 N–H and O–H groups in total. The van der Waals surface area contributed by atoms with Crippen LogP contribution in [0.15, 0.2) is 78.3 Å². The van der Waals surface area contributed by atoms with Crippen molar-refractivity contribution in [2.24, 2.45) is 22.5 Å². The number of rotatable bonds is 16. The van der Waals surface area contributed by atoms with Gasteiger partial charge in [-0.3, -0.25) is 19.0 Å². The van der Waals surface area contributed by atoms with Crippen LogP contribution < -0.4 is 27.5 Å². The number of nitrogens with zero attached hydrogens (tertiary/aromatic N) is 3. The Bertz CT molecular complexity index is 1390. The topological polar surface area (TPSA) is 187 Å². The predicted octanol–water partition coefficient (Wildman–Crippen LogP) is 2.33. The minimum Gasteiger partial charge on any atom is -0.350 e. The van der Waals surface area contributed by atoms with E-state index < -0.39 is 30.1 Å². The number of nitrogens with one attached hydrogen (secondary N) is 3. The monoisotopic (exact) mass is 602 g/mol. The van der Waals surface area contributed by atoms with E-state index in [0.717, 1.165) is 17.5 Å². The van der Waals surface area contributed by atoms with Gasteiger partial charge in [-0.25, -0.2) is 15.2 Å². The molecule has 3 rings (SSSR count). The van der Waals surface area contributed by atoms with Crippen molar-refractivity contribution in [3.8, 4) is 0 Å². The van der Waals surface area contributed by atoms with E-state index in [1.165, 1.54) is 23.3 Å². The Kier molecular flexibility index (Phi) is 13.2. The zero-order valence-corrected chi connectivity index (χ0v) is 25.2. The molecule has 3 aromatic rings. The van der Waals surface area contributed by atoms with Crippen LogP contribution in [0.3, 0.4) is 0 Å². The van der Waals surface area contributed by atoms with E-state index in [1.54, 1.807) is 0 Å². The van der Waals surface area contributed by atoms with E-state index in [1.807, 2.05) is 74.5 Å². The van der Waals surface area contributed by atoms with Gasteiger partial charge >= 0.3 is 6.03 Å². The van der Waals surface area contributed by atoms with Gasteiger partial charge in [-0.05, 0) is 42.7 Å². The van der Waals surface area contributed by atoms with Crippen molar-refractivity contribution >= 4 is 30.0 Å². The zero-order chi connectivity index (χ0) is 31.9. The van der Waals surface area contributed by atoms with E-state index in [2.05, 4.69) is 26.1 Å². The first-order chi connectivity index (χ1) is 21.1. The van der Waals surface area contributed by atoms with Crippen LogP contribution in [-0.4, -0.2) is 57.6 Å². The third kappa shape index (κ3) is 11.8. The van der Waals surface area contributed by atoms with Crippen molar-refractivity contribution in [2.75, 3.05) is 0 Å². The first-order valence-corrected chi connectivity index (χ1v) is 14.7. The molecule has 2 aromatic carbocycles. The quantitative estimate of drug-likeness (QED) is 0.124. The van der Waals surface area contributed by atoms with Crippen molar-refractivity contribution in [2.45, 2.75) is 70.5 Å². The number of urea groups is 1. The lowest BCUT2D eigenvalue weighted by Crippen LogP contribution is -2.51. The molecule has 12 heteroatoms. The van der Waals surface area contributed by atoms with Crippen LogP contribution in [-0.2, 0) is 28.9 Å². The molecular formula is C32H42N8O4. The summed E-state index contributed by atoms with van der Waals surface area (Å²) in [7, 11) is 0. The van der Waals surface area contributed by atoms with Crippen LogP contribution >= 0.6 is 0 Å². The second kappa shape index (κ2) is 17.3. The smallest absolute Gasteiger partial charge is 0.332 e. The Balaban J connectivity index is 1.71. The molecule has 0 aliphatic carbocycles. The first kappa shape index (κ1) is 33.7. The van der Waals surface area contributed by atoms with Gasteiger partial charge in [0.2, 0.25) is 17.7 Å². The Hall–Kier alpha value is -4.84. The number of benzene rings is 2. The highest BCUT2D eigenvalue weighted by Gasteiger charge is 2.25. The van der Waals surface area contributed by atoms with Gasteiger partial charge in [0, 0.05) is 25.3 Å². The van der Waals surface area contributed by atoms with Crippen LogP contribution in [0.25, 0.3) is 0 Å². The molecular weight excluding hydrogens is 560 g/mol. The molecule has 0 saturated carbocycles. The number of aryl methyl sites for hydroxylation is 1. The number of hydrazone groups is 1. The van der Waals surface area contributed by atoms with Gasteiger partial charge in [-0.15, -0.1) is 0 Å². The normalized spacial score (nSPS) is 13.3. The largest absolute Gasteiger partial charge is 0.350 e. The van der Waals surface area contributed by atoms with Crippen molar-refractivity contribution in [3.63, 3.8) is 0 Å². The summed E-state index contributed by atoms with van der Waals surface area (Å²) in [5.41, 5.74) is 15.9. The van der Waals surface area contributed by atoms with E-state index in [4.69, 9.17) is 11.5 Å². The second-order valence-corrected chi connectivity index (χ2v) is 11.1. The van der Waals surface area contributed by atoms with Gasteiger partial charge < -0.3 is 22.1 Å². The molecule has 3 atom stereocenters.